The number of rotatable bonds is 4. The molecule has 94 valence electrons. The van der Waals surface area contributed by atoms with Crippen LogP contribution in [0.25, 0.3) is 0 Å². The molecule has 0 bridgehead atoms. The summed E-state index contributed by atoms with van der Waals surface area (Å²) in [5, 5.41) is 10.7. The predicted octanol–water partition coefficient (Wildman–Crippen LogP) is -0.270. The quantitative estimate of drug-likeness (QED) is 0.746. The highest BCUT2D eigenvalue weighted by Gasteiger charge is 2.24. The molecule has 0 fully saturated rings. The first-order valence-corrected chi connectivity index (χ1v) is 6.54. The van der Waals surface area contributed by atoms with Gasteiger partial charge in [0, 0.05) is 0 Å². The van der Waals surface area contributed by atoms with Crippen LogP contribution >= 0.6 is 0 Å². The molecule has 0 heterocycles. The van der Waals surface area contributed by atoms with Crippen molar-refractivity contribution in [3.8, 4) is 0 Å². The minimum Gasteiger partial charge on any atom is -0.548 e. The van der Waals surface area contributed by atoms with Gasteiger partial charge in [0.1, 0.15) is 5.82 Å². The zero-order chi connectivity index (χ0) is 13.2. The number of sulfonamides is 1. The molecule has 1 aromatic carbocycles. The Morgan fingerprint density at radius 1 is 1.35 bits per heavy atom. The Balaban J connectivity index is 3.25. The third kappa shape index (κ3) is 3.16. The molecule has 0 amide bonds. The number of carboxylic acids is 1. The lowest BCUT2D eigenvalue weighted by Gasteiger charge is -2.29. The van der Waals surface area contributed by atoms with Crippen molar-refractivity contribution < 1.29 is 22.7 Å². The molecule has 7 heteroatoms. The van der Waals surface area contributed by atoms with Gasteiger partial charge in [0.05, 0.1) is 24.0 Å². The van der Waals surface area contributed by atoms with E-state index in [0.29, 0.717) is 4.31 Å². The maximum Gasteiger partial charge on any atom is 0.232 e. The molecule has 17 heavy (non-hydrogen) atoms. The molecule has 0 aliphatic heterocycles. The monoisotopic (exact) mass is 260 g/mol. The number of aliphatic carboxylic acids is 1. The van der Waals surface area contributed by atoms with E-state index in [1.54, 1.807) is 0 Å². The first kappa shape index (κ1) is 13.4. The van der Waals surface area contributed by atoms with Crippen molar-refractivity contribution in [2.45, 2.75) is 13.0 Å². The Labute approximate surface area is 98.5 Å². The summed E-state index contributed by atoms with van der Waals surface area (Å²) in [6.07, 6.45) is 0.871. The minimum atomic E-state index is -3.79. The minimum absolute atomic E-state index is 0.0746. The zero-order valence-electron chi connectivity index (χ0n) is 9.25. The maximum atomic E-state index is 12.7. The van der Waals surface area contributed by atoms with Crippen molar-refractivity contribution in [1.29, 1.82) is 0 Å². The van der Waals surface area contributed by atoms with Crippen molar-refractivity contribution in [3.63, 3.8) is 0 Å². The molecule has 0 N–H and O–H groups in total. The molecular weight excluding hydrogens is 249 g/mol. The SMILES string of the molecule is C[C@H](C(=O)[O-])N(c1ccc(F)cc1)S(C)(=O)=O. The van der Waals surface area contributed by atoms with Crippen LogP contribution in [0.5, 0.6) is 0 Å². The second kappa shape index (κ2) is 4.70. The number of carbonyl (C=O) groups is 1. The van der Waals surface area contributed by atoms with E-state index in [1.807, 2.05) is 0 Å². The van der Waals surface area contributed by atoms with E-state index in [9.17, 15) is 22.7 Å². The number of hydrogen-bond acceptors (Lipinski definition) is 4. The van der Waals surface area contributed by atoms with E-state index in [2.05, 4.69) is 0 Å². The summed E-state index contributed by atoms with van der Waals surface area (Å²) in [5.74, 6) is -2.07. The molecule has 0 saturated heterocycles. The summed E-state index contributed by atoms with van der Waals surface area (Å²) in [7, 11) is -3.79. The van der Waals surface area contributed by atoms with E-state index >= 15 is 0 Å². The third-order valence-electron chi connectivity index (χ3n) is 2.13. The number of nitrogens with zero attached hydrogens (tertiary/aromatic N) is 1. The first-order chi connectivity index (χ1) is 7.73. The van der Waals surface area contributed by atoms with Gasteiger partial charge in [-0.05, 0) is 31.2 Å². The highest BCUT2D eigenvalue weighted by atomic mass is 32.2. The zero-order valence-corrected chi connectivity index (χ0v) is 10.1. The lowest BCUT2D eigenvalue weighted by atomic mass is 10.2. The van der Waals surface area contributed by atoms with Crippen molar-refractivity contribution >= 4 is 21.7 Å². The number of carbonyl (C=O) groups excluding carboxylic acids is 1. The fourth-order valence-corrected chi connectivity index (χ4v) is 2.55. The summed E-state index contributed by atoms with van der Waals surface area (Å²) in [5.41, 5.74) is 0.0746. The molecule has 0 spiro atoms. The van der Waals surface area contributed by atoms with Gasteiger partial charge in [0.15, 0.2) is 0 Å². The van der Waals surface area contributed by atoms with Crippen molar-refractivity contribution in [2.24, 2.45) is 0 Å². The fourth-order valence-electron chi connectivity index (χ4n) is 1.39. The summed E-state index contributed by atoms with van der Waals surface area (Å²) in [4.78, 5) is 10.7. The first-order valence-electron chi connectivity index (χ1n) is 4.69. The Kier molecular flexibility index (Phi) is 3.72. The van der Waals surface area contributed by atoms with Gasteiger partial charge < -0.3 is 9.90 Å². The highest BCUT2D eigenvalue weighted by Crippen LogP contribution is 2.20. The molecule has 1 rings (SSSR count). The smallest absolute Gasteiger partial charge is 0.232 e. The van der Waals surface area contributed by atoms with Crippen LogP contribution in [0.2, 0.25) is 0 Å². The van der Waals surface area contributed by atoms with Crippen molar-refractivity contribution in [2.75, 3.05) is 10.6 Å². The molecule has 0 unspecified atom stereocenters. The van der Waals surface area contributed by atoms with Crippen LogP contribution in [0.15, 0.2) is 24.3 Å². The topological polar surface area (TPSA) is 77.5 Å². The standard InChI is InChI=1S/C10H12FNO4S/c1-7(10(13)14)12(17(2,15)16)9-5-3-8(11)4-6-9/h3-7H,1-2H3,(H,13,14)/p-1/t7-/m1/s1. The molecule has 0 radical (unpaired) electrons. The van der Waals surface area contributed by atoms with Gasteiger partial charge in [-0.2, -0.15) is 0 Å². The number of hydrogen-bond donors (Lipinski definition) is 0. The van der Waals surface area contributed by atoms with Crippen LogP contribution in [0, 0.1) is 5.82 Å². The largest absolute Gasteiger partial charge is 0.548 e. The lowest BCUT2D eigenvalue weighted by Crippen LogP contribution is -2.48. The van der Waals surface area contributed by atoms with E-state index in [-0.39, 0.29) is 5.69 Å². The summed E-state index contributed by atoms with van der Waals surface area (Å²) >= 11 is 0. The molecule has 0 aliphatic carbocycles. The van der Waals surface area contributed by atoms with Crippen LogP contribution in [0.3, 0.4) is 0 Å². The molecule has 0 aliphatic rings. The van der Waals surface area contributed by atoms with Gasteiger partial charge in [0.25, 0.3) is 0 Å². The van der Waals surface area contributed by atoms with Gasteiger partial charge in [0.2, 0.25) is 10.0 Å². The van der Waals surface area contributed by atoms with Crippen LogP contribution in [0.4, 0.5) is 10.1 Å². The molecular formula is C10H11FNO4S-. The maximum absolute atomic E-state index is 12.7. The Hall–Kier alpha value is -1.63. The number of halogens is 1. The second-order valence-corrected chi connectivity index (χ2v) is 5.39. The average molecular weight is 260 g/mol. The number of carboxylic acid groups (broad SMARTS) is 1. The Morgan fingerprint density at radius 2 is 1.82 bits per heavy atom. The summed E-state index contributed by atoms with van der Waals surface area (Å²) in [6, 6.07) is 3.12. The summed E-state index contributed by atoms with van der Waals surface area (Å²) < 4.78 is 36.4. The van der Waals surface area contributed by atoms with E-state index in [4.69, 9.17) is 0 Å². The van der Waals surface area contributed by atoms with E-state index in [0.717, 1.165) is 18.4 Å². The van der Waals surface area contributed by atoms with Gasteiger partial charge in [-0.3, -0.25) is 4.31 Å². The van der Waals surface area contributed by atoms with Crippen LogP contribution < -0.4 is 9.41 Å². The average Bonchev–Trinajstić information content (AvgIpc) is 2.19. The normalized spacial score (nSPS) is 13.1. The molecule has 0 aromatic heterocycles. The molecule has 5 nitrogen and oxygen atoms in total. The number of benzene rings is 1. The fraction of sp³-hybridized carbons (Fsp3) is 0.300. The van der Waals surface area contributed by atoms with Crippen molar-refractivity contribution in [1.82, 2.24) is 0 Å². The Morgan fingerprint density at radius 3 is 2.18 bits per heavy atom. The highest BCUT2D eigenvalue weighted by molar-refractivity contribution is 7.92. The van der Waals surface area contributed by atoms with E-state index < -0.39 is 27.9 Å². The van der Waals surface area contributed by atoms with Gasteiger partial charge in [-0.15, -0.1) is 0 Å². The second-order valence-electron chi connectivity index (χ2n) is 3.53. The van der Waals surface area contributed by atoms with Crippen LogP contribution in [0.1, 0.15) is 6.92 Å². The van der Waals surface area contributed by atoms with Gasteiger partial charge >= 0.3 is 0 Å². The van der Waals surface area contributed by atoms with Crippen molar-refractivity contribution in [3.05, 3.63) is 30.1 Å². The lowest BCUT2D eigenvalue weighted by molar-refractivity contribution is -0.306. The Bertz CT molecular complexity index is 512. The number of anilines is 1. The molecule has 1 atom stereocenters. The van der Waals surface area contributed by atoms with Gasteiger partial charge in [-0.25, -0.2) is 12.8 Å². The molecule has 0 saturated carbocycles. The van der Waals surface area contributed by atoms with Crippen LogP contribution in [-0.2, 0) is 14.8 Å². The predicted molar refractivity (Wildman–Crippen MR) is 58.2 cm³/mol. The van der Waals surface area contributed by atoms with Crippen LogP contribution in [-0.4, -0.2) is 26.7 Å². The molecule has 1 aromatic rings. The van der Waals surface area contributed by atoms with E-state index in [1.165, 1.54) is 19.1 Å². The van der Waals surface area contributed by atoms with Gasteiger partial charge in [-0.1, -0.05) is 0 Å². The third-order valence-corrected chi connectivity index (χ3v) is 3.37. The summed E-state index contributed by atoms with van der Waals surface area (Å²) in [6.45, 7) is 1.18.